The second-order valence-corrected chi connectivity index (χ2v) is 6.21. The highest BCUT2D eigenvalue weighted by Crippen LogP contribution is 2.41. The van der Waals surface area contributed by atoms with Crippen LogP contribution in [0.25, 0.3) is 11.3 Å². The van der Waals surface area contributed by atoms with Gasteiger partial charge in [0, 0.05) is 36.0 Å². The monoisotopic (exact) mass is 329 g/mol. The summed E-state index contributed by atoms with van der Waals surface area (Å²) in [5.74, 6) is 0.618. The first kappa shape index (κ1) is 14.0. The predicted molar refractivity (Wildman–Crippen MR) is 94.4 cm³/mol. The van der Waals surface area contributed by atoms with Crippen LogP contribution in [0.3, 0.4) is 0 Å². The second-order valence-electron chi connectivity index (χ2n) is 6.21. The first-order valence-electron chi connectivity index (χ1n) is 8.15. The lowest BCUT2D eigenvalue weighted by molar-refractivity contribution is -0.116. The third-order valence-corrected chi connectivity index (χ3v) is 4.74. The van der Waals surface area contributed by atoms with Crippen LogP contribution < -0.4 is 5.32 Å². The number of H-pyrrole nitrogens is 1. The summed E-state index contributed by atoms with van der Waals surface area (Å²) in [7, 11) is 0. The molecule has 1 aliphatic carbocycles. The summed E-state index contributed by atoms with van der Waals surface area (Å²) in [5, 5.41) is 10.2. The maximum Gasteiger partial charge on any atom is 0.226 e. The van der Waals surface area contributed by atoms with Gasteiger partial charge in [0.15, 0.2) is 5.82 Å². The van der Waals surface area contributed by atoms with Crippen molar-refractivity contribution < 1.29 is 4.79 Å². The lowest BCUT2D eigenvalue weighted by atomic mass is 9.83. The molecule has 6 nitrogen and oxygen atoms in total. The molecule has 1 amide bonds. The van der Waals surface area contributed by atoms with Crippen molar-refractivity contribution in [1.82, 2.24) is 19.7 Å². The zero-order chi connectivity index (χ0) is 16.8. The molecule has 122 valence electrons. The summed E-state index contributed by atoms with van der Waals surface area (Å²) < 4.78 is 1.95. The van der Waals surface area contributed by atoms with Gasteiger partial charge in [-0.15, -0.1) is 0 Å². The number of allylic oxidation sites excluding steroid dienone is 4. The van der Waals surface area contributed by atoms with Crippen LogP contribution in [-0.2, 0) is 4.79 Å². The van der Waals surface area contributed by atoms with Gasteiger partial charge in [-0.1, -0.05) is 30.4 Å². The van der Waals surface area contributed by atoms with E-state index in [1.165, 1.54) is 0 Å². The molecule has 5 rings (SSSR count). The van der Waals surface area contributed by atoms with Gasteiger partial charge in [-0.05, 0) is 23.3 Å². The Morgan fingerprint density at radius 1 is 1.20 bits per heavy atom. The molecule has 3 heterocycles. The van der Waals surface area contributed by atoms with E-state index in [1.54, 1.807) is 12.5 Å². The molecule has 1 aliphatic heterocycles. The number of anilines is 1. The average molecular weight is 329 g/mol. The highest BCUT2D eigenvalue weighted by molar-refractivity contribution is 5.96. The number of nitrogens with one attached hydrogen (secondary N) is 2. The average Bonchev–Trinajstić information content (AvgIpc) is 3.23. The molecule has 1 unspecified atom stereocenters. The summed E-state index contributed by atoms with van der Waals surface area (Å²) in [6.45, 7) is 0. The molecule has 2 N–H and O–H groups in total. The van der Waals surface area contributed by atoms with Crippen LogP contribution in [0.4, 0.5) is 5.82 Å². The number of aromatic amines is 1. The minimum Gasteiger partial charge on any atom is -0.309 e. The van der Waals surface area contributed by atoms with Gasteiger partial charge >= 0.3 is 0 Å². The van der Waals surface area contributed by atoms with Crippen molar-refractivity contribution in [1.29, 1.82) is 0 Å². The van der Waals surface area contributed by atoms with Gasteiger partial charge in [0.2, 0.25) is 5.91 Å². The van der Waals surface area contributed by atoms with Gasteiger partial charge in [-0.25, -0.2) is 4.98 Å². The van der Waals surface area contributed by atoms with Gasteiger partial charge in [0.05, 0.1) is 12.0 Å². The number of fused-ring (bicyclic) bond motifs is 1. The summed E-state index contributed by atoms with van der Waals surface area (Å²) in [5.41, 5.74) is 5.31. The molecular formula is C19H15N5O. The standard InChI is InChI=1S/C19H15N5O/c25-16-10-15(12-4-6-14(7-5-12)24-9-8-20-11-24)17-18(13-2-1-3-13)22-23-19(17)21-16/h1-9,11,15H,10H2,(H2,21,22,23,25). The zero-order valence-electron chi connectivity index (χ0n) is 13.3. The maximum atomic E-state index is 12.1. The van der Waals surface area contributed by atoms with Gasteiger partial charge in [0.25, 0.3) is 0 Å². The lowest BCUT2D eigenvalue weighted by Gasteiger charge is -2.24. The van der Waals surface area contributed by atoms with E-state index >= 15 is 0 Å². The minimum absolute atomic E-state index is 0.00707. The number of carbonyl (C=O) groups excluding carboxylic acids is 1. The molecule has 25 heavy (non-hydrogen) atoms. The molecule has 1 aromatic carbocycles. The van der Waals surface area contributed by atoms with Crippen molar-refractivity contribution in [3.63, 3.8) is 0 Å². The quantitative estimate of drug-likeness (QED) is 0.775. The van der Waals surface area contributed by atoms with Crippen molar-refractivity contribution in [2.75, 3.05) is 5.32 Å². The molecule has 0 saturated heterocycles. The topological polar surface area (TPSA) is 75.6 Å². The number of nitrogens with zero attached hydrogens (tertiary/aromatic N) is 3. The Balaban J connectivity index is 1.56. The minimum atomic E-state index is -0.00997. The number of benzene rings is 1. The normalized spacial score (nSPS) is 18.3. The predicted octanol–water partition coefficient (Wildman–Crippen LogP) is 3.02. The van der Waals surface area contributed by atoms with Crippen LogP contribution in [-0.4, -0.2) is 25.7 Å². The number of carbonyl (C=O) groups is 1. The van der Waals surface area contributed by atoms with Gasteiger partial charge < -0.3 is 9.88 Å². The number of aromatic nitrogens is 4. The summed E-state index contributed by atoms with van der Waals surface area (Å²) in [4.78, 5) is 16.2. The Kier molecular flexibility index (Phi) is 2.97. The first-order valence-corrected chi connectivity index (χ1v) is 8.15. The number of amides is 1. The van der Waals surface area contributed by atoms with Crippen LogP contribution in [0.1, 0.15) is 29.2 Å². The molecular weight excluding hydrogens is 314 g/mol. The molecule has 6 heteroatoms. The molecule has 2 aromatic heterocycles. The fraction of sp³-hybridized carbons (Fsp3) is 0.105. The Labute approximate surface area is 143 Å². The molecule has 0 bridgehead atoms. The third-order valence-electron chi connectivity index (χ3n) is 4.74. The maximum absolute atomic E-state index is 12.1. The van der Waals surface area contributed by atoms with E-state index in [0.29, 0.717) is 12.2 Å². The fourth-order valence-corrected chi connectivity index (χ4v) is 3.41. The van der Waals surface area contributed by atoms with Crippen LogP contribution >= 0.6 is 0 Å². The van der Waals surface area contributed by atoms with Crippen molar-refractivity contribution in [2.24, 2.45) is 0 Å². The summed E-state index contributed by atoms with van der Waals surface area (Å²) in [6, 6.07) is 8.24. The highest BCUT2D eigenvalue weighted by atomic mass is 16.1. The van der Waals surface area contributed by atoms with Crippen LogP contribution in [0.15, 0.2) is 61.2 Å². The van der Waals surface area contributed by atoms with E-state index in [-0.39, 0.29) is 11.8 Å². The van der Waals surface area contributed by atoms with Gasteiger partial charge in [-0.3, -0.25) is 9.89 Å². The first-order chi connectivity index (χ1) is 12.3. The van der Waals surface area contributed by atoms with E-state index in [9.17, 15) is 4.79 Å². The summed E-state index contributed by atoms with van der Waals surface area (Å²) in [6.07, 6.45) is 11.9. The molecule has 0 radical (unpaired) electrons. The van der Waals surface area contributed by atoms with Crippen LogP contribution in [0.5, 0.6) is 0 Å². The number of hydrogen-bond donors (Lipinski definition) is 2. The van der Waals surface area contributed by atoms with Gasteiger partial charge in [-0.2, -0.15) is 5.10 Å². The highest BCUT2D eigenvalue weighted by Gasteiger charge is 2.32. The Hall–Kier alpha value is -3.41. The smallest absolute Gasteiger partial charge is 0.226 e. The van der Waals surface area contributed by atoms with Crippen LogP contribution in [0.2, 0.25) is 0 Å². The molecule has 0 spiro atoms. The lowest BCUT2D eigenvalue weighted by Crippen LogP contribution is -2.23. The van der Waals surface area contributed by atoms with Crippen molar-refractivity contribution in [3.05, 3.63) is 78.0 Å². The number of imidazole rings is 1. The largest absolute Gasteiger partial charge is 0.309 e. The number of hydrogen-bond acceptors (Lipinski definition) is 3. The van der Waals surface area contributed by atoms with Crippen molar-refractivity contribution in [2.45, 2.75) is 12.3 Å². The Morgan fingerprint density at radius 3 is 2.72 bits per heavy atom. The zero-order valence-corrected chi connectivity index (χ0v) is 13.3. The second kappa shape index (κ2) is 5.31. The fourth-order valence-electron chi connectivity index (χ4n) is 3.41. The van der Waals surface area contributed by atoms with E-state index in [4.69, 9.17) is 0 Å². The van der Waals surface area contributed by atoms with Gasteiger partial charge in [0.1, 0.15) is 0 Å². The summed E-state index contributed by atoms with van der Waals surface area (Å²) >= 11 is 0. The van der Waals surface area contributed by atoms with E-state index in [0.717, 1.165) is 28.1 Å². The number of rotatable bonds is 3. The molecule has 1 atom stereocenters. The van der Waals surface area contributed by atoms with E-state index in [1.807, 2.05) is 41.1 Å². The third kappa shape index (κ3) is 2.22. The SMILES string of the molecule is O=C1CC(c2ccc(-n3ccnc3)cc2)c2c(n[nH]c2C2=CC=C2)N1. The Bertz CT molecular complexity index is 1010. The van der Waals surface area contributed by atoms with E-state index in [2.05, 4.69) is 32.6 Å². The molecule has 3 aromatic rings. The van der Waals surface area contributed by atoms with Crippen LogP contribution in [0, 0.1) is 0 Å². The van der Waals surface area contributed by atoms with Crippen molar-refractivity contribution >= 4 is 17.3 Å². The van der Waals surface area contributed by atoms with E-state index < -0.39 is 0 Å². The molecule has 2 aliphatic rings. The van der Waals surface area contributed by atoms with Crippen molar-refractivity contribution in [3.8, 4) is 5.69 Å². The molecule has 0 fully saturated rings. The Morgan fingerprint density at radius 2 is 2.04 bits per heavy atom. The molecule has 0 saturated carbocycles.